The van der Waals surface area contributed by atoms with Gasteiger partial charge in [0.15, 0.2) is 6.10 Å². The number of quaternary nitrogens is 1. The van der Waals surface area contributed by atoms with Gasteiger partial charge in [-0.3, -0.25) is 28.2 Å². The number of ether oxygens (including phenoxy) is 2. The highest BCUT2D eigenvalue weighted by atomic mass is 31.2. The number of carbonyl (C=O) groups excluding carboxylic acids is 5. The molecule has 15 heteroatoms. The predicted molar refractivity (Wildman–Crippen MR) is 186 cm³/mol. The van der Waals surface area contributed by atoms with Gasteiger partial charge in [0.25, 0.3) is 11.8 Å². The number of likely N-dealkylation sites (N-methyl/N-ethyl adjacent to an activating group) is 1. The molecule has 1 saturated heterocycles. The van der Waals surface area contributed by atoms with Crippen molar-refractivity contribution in [3.63, 3.8) is 0 Å². The number of carbonyl (C=O) groups is 5. The van der Waals surface area contributed by atoms with E-state index in [4.69, 9.17) is 23.4 Å². The first-order valence-electron chi connectivity index (χ1n) is 18.6. The maximum Gasteiger partial charge on any atom is 0.472 e. The molecule has 14 nitrogen and oxygen atoms in total. The number of phosphoric ester groups is 1. The molecule has 0 aromatic rings. The van der Waals surface area contributed by atoms with Crippen LogP contribution < -0.4 is 0 Å². The third-order valence-corrected chi connectivity index (χ3v) is 9.10. The molecule has 1 rings (SSSR count). The highest BCUT2D eigenvalue weighted by Gasteiger charge is 2.33. The summed E-state index contributed by atoms with van der Waals surface area (Å²) in [5, 5.41) is 0.428. The molecule has 0 radical (unpaired) electrons. The van der Waals surface area contributed by atoms with E-state index < -0.39 is 56.9 Å². The van der Waals surface area contributed by atoms with Crippen molar-refractivity contribution in [1.29, 1.82) is 0 Å². The second-order valence-corrected chi connectivity index (χ2v) is 15.5. The van der Waals surface area contributed by atoms with Crippen LogP contribution in [0.5, 0.6) is 0 Å². The number of imide groups is 1. The topological polar surface area (TPSA) is 172 Å². The molecule has 2 atom stereocenters. The Balaban J connectivity index is 2.38. The monoisotopic (exact) mass is 735 g/mol. The molecule has 1 unspecified atom stereocenters. The third-order valence-electron chi connectivity index (χ3n) is 8.11. The van der Waals surface area contributed by atoms with E-state index in [0.29, 0.717) is 22.5 Å². The Labute approximate surface area is 299 Å². The van der Waals surface area contributed by atoms with E-state index in [1.807, 2.05) is 21.1 Å². The van der Waals surface area contributed by atoms with Crippen molar-refractivity contribution in [3.05, 3.63) is 0 Å². The lowest BCUT2D eigenvalue weighted by Crippen LogP contribution is -2.37. The minimum absolute atomic E-state index is 0.0207. The number of hydrogen-bond donors (Lipinski definition) is 1. The standard InChI is InChI=1S/C35H63N2O12P/c1-5-6-7-8-9-10-11-12-13-14-15-16-17-18-19-21-33(40)45-28-30(29-47-50(43,44)46-27-26-37(2,3)4)48-34(41)22-20-23-35(42)49-36-31(38)24-25-32(36)39/h30H,5-29H2,1-4H3/p+1/t30-/m1/s1. The zero-order valence-corrected chi connectivity index (χ0v) is 31.9. The van der Waals surface area contributed by atoms with Gasteiger partial charge in [0.1, 0.15) is 19.8 Å². The second kappa shape index (κ2) is 26.4. The number of esters is 2. The number of nitrogens with zero attached hydrogens (tertiary/aromatic N) is 2. The van der Waals surface area contributed by atoms with E-state index >= 15 is 0 Å². The molecule has 1 N–H and O–H groups in total. The fourth-order valence-corrected chi connectivity index (χ4v) is 5.83. The highest BCUT2D eigenvalue weighted by molar-refractivity contribution is 7.47. The lowest BCUT2D eigenvalue weighted by Gasteiger charge is -2.24. The van der Waals surface area contributed by atoms with Gasteiger partial charge in [0.05, 0.1) is 27.7 Å². The first-order valence-corrected chi connectivity index (χ1v) is 20.1. The van der Waals surface area contributed by atoms with Crippen LogP contribution in [0.1, 0.15) is 142 Å². The quantitative estimate of drug-likeness (QED) is 0.0277. The maximum absolute atomic E-state index is 12.5. The molecule has 0 spiro atoms. The Morgan fingerprint density at radius 2 is 1.18 bits per heavy atom. The fourth-order valence-electron chi connectivity index (χ4n) is 5.09. The average molecular weight is 736 g/mol. The molecule has 290 valence electrons. The lowest BCUT2D eigenvalue weighted by atomic mass is 10.0. The summed E-state index contributed by atoms with van der Waals surface area (Å²) in [5.74, 6) is -3.34. The molecule has 2 amide bonds. The predicted octanol–water partition coefficient (Wildman–Crippen LogP) is 6.32. The van der Waals surface area contributed by atoms with Gasteiger partial charge in [-0.2, -0.15) is 0 Å². The maximum atomic E-state index is 12.5. The lowest BCUT2D eigenvalue weighted by molar-refractivity contribution is -0.870. The first-order chi connectivity index (χ1) is 23.7. The van der Waals surface area contributed by atoms with Crippen molar-refractivity contribution >= 4 is 37.5 Å². The summed E-state index contributed by atoms with van der Waals surface area (Å²) in [4.78, 5) is 75.0. The van der Waals surface area contributed by atoms with Crippen molar-refractivity contribution in [3.8, 4) is 0 Å². The molecule has 0 bridgehead atoms. The normalized spacial score (nSPS) is 15.2. The SMILES string of the molecule is CCCCCCCCCCCCCCCCCC(=O)OC[C@H](COP(=O)(O)OCC[N+](C)(C)C)OC(=O)CCCC(=O)ON1C(=O)CCC1=O. The number of amides is 2. The Morgan fingerprint density at radius 1 is 0.700 bits per heavy atom. The molecule has 1 fully saturated rings. The minimum atomic E-state index is -4.49. The molecule has 1 aliphatic heterocycles. The van der Waals surface area contributed by atoms with Gasteiger partial charge in [-0.25, -0.2) is 9.36 Å². The Kier molecular flexibility index (Phi) is 24.1. The number of hydroxylamine groups is 2. The van der Waals surface area contributed by atoms with Crippen LogP contribution in [0, 0.1) is 0 Å². The average Bonchev–Trinajstić information content (AvgIpc) is 3.35. The van der Waals surface area contributed by atoms with Gasteiger partial charge in [-0.1, -0.05) is 96.8 Å². The number of phosphoric acid groups is 1. The van der Waals surface area contributed by atoms with Crippen molar-refractivity contribution < 1.29 is 61.3 Å². The molecule has 50 heavy (non-hydrogen) atoms. The van der Waals surface area contributed by atoms with E-state index in [-0.39, 0.29) is 45.1 Å². The summed E-state index contributed by atoms with van der Waals surface area (Å²) < 4.78 is 33.6. The van der Waals surface area contributed by atoms with Gasteiger partial charge < -0.3 is 23.7 Å². The fraction of sp³-hybridized carbons (Fsp3) is 0.857. The van der Waals surface area contributed by atoms with Crippen molar-refractivity contribution in [1.82, 2.24) is 5.06 Å². The molecule has 0 aliphatic carbocycles. The van der Waals surface area contributed by atoms with E-state index in [1.54, 1.807) is 0 Å². The van der Waals surface area contributed by atoms with E-state index in [2.05, 4.69) is 6.92 Å². The van der Waals surface area contributed by atoms with Crippen LogP contribution in [0.3, 0.4) is 0 Å². The Hall–Kier alpha value is -2.38. The van der Waals surface area contributed by atoms with Crippen LogP contribution >= 0.6 is 7.82 Å². The highest BCUT2D eigenvalue weighted by Crippen LogP contribution is 2.43. The van der Waals surface area contributed by atoms with Crippen LogP contribution in [-0.4, -0.2) is 97.8 Å². The van der Waals surface area contributed by atoms with Gasteiger partial charge in [0, 0.05) is 32.1 Å². The van der Waals surface area contributed by atoms with Gasteiger partial charge in [-0.05, 0) is 12.8 Å². The largest absolute Gasteiger partial charge is 0.472 e. The molecular weight excluding hydrogens is 671 g/mol. The zero-order valence-electron chi connectivity index (χ0n) is 31.0. The summed E-state index contributed by atoms with van der Waals surface area (Å²) in [6, 6.07) is 0. The molecule has 0 aromatic carbocycles. The summed E-state index contributed by atoms with van der Waals surface area (Å²) in [5.41, 5.74) is 0. The molecule has 1 heterocycles. The molecule has 1 aliphatic rings. The van der Waals surface area contributed by atoms with Crippen LogP contribution in [0.25, 0.3) is 0 Å². The Bertz CT molecular complexity index is 1050. The van der Waals surface area contributed by atoms with Crippen molar-refractivity contribution in [2.24, 2.45) is 0 Å². The van der Waals surface area contributed by atoms with Crippen molar-refractivity contribution in [2.45, 2.75) is 148 Å². The summed E-state index contributed by atoms with van der Waals surface area (Å²) in [6.45, 7) is 1.65. The molecule has 0 aromatic heterocycles. The smallest absolute Gasteiger partial charge is 0.462 e. The minimum Gasteiger partial charge on any atom is -0.462 e. The number of hydrogen-bond acceptors (Lipinski definition) is 11. The van der Waals surface area contributed by atoms with E-state index in [1.165, 1.54) is 70.6 Å². The van der Waals surface area contributed by atoms with Gasteiger partial charge in [0.2, 0.25) is 0 Å². The summed E-state index contributed by atoms with van der Waals surface area (Å²) in [7, 11) is 1.18. The van der Waals surface area contributed by atoms with Gasteiger partial charge >= 0.3 is 25.7 Å². The van der Waals surface area contributed by atoms with Crippen molar-refractivity contribution in [2.75, 3.05) is 47.5 Å². The summed E-state index contributed by atoms with van der Waals surface area (Å²) in [6.07, 6.45) is 16.5. The van der Waals surface area contributed by atoms with E-state index in [9.17, 15) is 33.4 Å². The molecular formula is C35H64N2O12P+. The first kappa shape index (κ1) is 45.6. The number of unbranched alkanes of at least 4 members (excludes halogenated alkanes) is 14. The second-order valence-electron chi connectivity index (χ2n) is 14.0. The molecule has 0 saturated carbocycles. The van der Waals surface area contributed by atoms with Crippen LogP contribution in [0.15, 0.2) is 0 Å². The van der Waals surface area contributed by atoms with Crippen LogP contribution in [0.4, 0.5) is 0 Å². The van der Waals surface area contributed by atoms with Crippen LogP contribution in [0.2, 0.25) is 0 Å². The van der Waals surface area contributed by atoms with Gasteiger partial charge in [-0.15, -0.1) is 5.06 Å². The summed E-state index contributed by atoms with van der Waals surface area (Å²) >= 11 is 0. The van der Waals surface area contributed by atoms with E-state index in [0.717, 1.165) is 19.3 Å². The zero-order chi connectivity index (χ0) is 37.3. The Morgan fingerprint density at radius 3 is 1.70 bits per heavy atom. The number of rotatable bonds is 31. The van der Waals surface area contributed by atoms with Crippen LogP contribution in [-0.2, 0) is 51.9 Å². The third kappa shape index (κ3) is 24.7.